The molecule has 4 nitrogen and oxygen atoms in total. The molecule has 104 valence electrons. The van der Waals surface area contributed by atoms with Gasteiger partial charge < -0.3 is 9.64 Å². The molecule has 2 atom stereocenters. The van der Waals surface area contributed by atoms with Crippen LogP contribution in [0.5, 0.6) is 5.75 Å². The molecule has 1 aromatic carbocycles. The Kier molecular flexibility index (Phi) is 4.10. The first-order valence-corrected chi connectivity index (χ1v) is 6.72. The first kappa shape index (κ1) is 13.9. The van der Waals surface area contributed by atoms with Gasteiger partial charge in [0, 0.05) is 26.6 Å². The molecule has 1 N–H and O–H groups in total. The van der Waals surface area contributed by atoms with Crippen LogP contribution in [0.15, 0.2) is 18.2 Å². The number of likely N-dealkylation sites (N-methyl/N-ethyl adjacent to an activating group) is 1. The largest absolute Gasteiger partial charge is 0.493 e. The minimum Gasteiger partial charge on any atom is -0.493 e. The molecule has 1 amide bonds. The molecule has 0 bridgehead atoms. The lowest BCUT2D eigenvalue weighted by atomic mass is 10.0. The number of hydrogen-bond acceptors (Lipinski definition) is 3. The summed E-state index contributed by atoms with van der Waals surface area (Å²) in [5.74, 6) is 1.09. The summed E-state index contributed by atoms with van der Waals surface area (Å²) in [4.78, 5) is 13.5. The van der Waals surface area contributed by atoms with Crippen molar-refractivity contribution in [3.63, 3.8) is 0 Å². The van der Waals surface area contributed by atoms with Crippen LogP contribution in [0.2, 0.25) is 0 Å². The maximum Gasteiger partial charge on any atom is 0.238 e. The topological polar surface area (TPSA) is 41.6 Å². The third-order valence-corrected chi connectivity index (χ3v) is 3.52. The molecule has 19 heavy (non-hydrogen) atoms. The number of carbonyl (C=O) groups excluding carboxylic acids is 1. The van der Waals surface area contributed by atoms with Crippen molar-refractivity contribution < 1.29 is 9.53 Å². The molecule has 0 aromatic heterocycles. The highest BCUT2D eigenvalue weighted by molar-refractivity contribution is 5.80. The minimum absolute atomic E-state index is 0.0938. The van der Waals surface area contributed by atoms with Crippen molar-refractivity contribution in [2.45, 2.75) is 32.4 Å². The van der Waals surface area contributed by atoms with Crippen LogP contribution in [0.3, 0.4) is 0 Å². The Morgan fingerprint density at radius 3 is 2.79 bits per heavy atom. The normalized spacial score (nSPS) is 16.4. The van der Waals surface area contributed by atoms with Crippen molar-refractivity contribution in [3.8, 4) is 5.75 Å². The molecule has 0 saturated heterocycles. The molecule has 0 fully saturated rings. The zero-order chi connectivity index (χ0) is 14.0. The number of hydrogen-bond donors (Lipinski definition) is 1. The molecular weight excluding hydrogens is 240 g/mol. The van der Waals surface area contributed by atoms with Gasteiger partial charge in [0.25, 0.3) is 0 Å². The average Bonchev–Trinajstić information content (AvgIpc) is 2.84. The summed E-state index contributed by atoms with van der Waals surface area (Å²) in [6.07, 6.45) is 0.974. The van der Waals surface area contributed by atoms with E-state index in [1.165, 1.54) is 11.1 Å². The quantitative estimate of drug-likeness (QED) is 0.899. The van der Waals surface area contributed by atoms with Crippen molar-refractivity contribution in [1.29, 1.82) is 0 Å². The minimum atomic E-state index is -0.186. The van der Waals surface area contributed by atoms with Gasteiger partial charge in [0.2, 0.25) is 5.91 Å². The van der Waals surface area contributed by atoms with E-state index in [0.717, 1.165) is 18.8 Å². The fourth-order valence-corrected chi connectivity index (χ4v) is 2.41. The standard InChI is InChI=1S/C15H22N2O2/c1-10(16-11(2)15(18)17(3)4)12-5-6-14-13(9-12)7-8-19-14/h5-6,9-11,16H,7-8H2,1-4H3. The fourth-order valence-electron chi connectivity index (χ4n) is 2.41. The van der Waals surface area contributed by atoms with Crippen molar-refractivity contribution in [1.82, 2.24) is 10.2 Å². The monoisotopic (exact) mass is 262 g/mol. The molecule has 0 spiro atoms. The van der Waals surface area contributed by atoms with Gasteiger partial charge in [-0.3, -0.25) is 10.1 Å². The molecular formula is C15H22N2O2. The first-order valence-electron chi connectivity index (χ1n) is 6.72. The smallest absolute Gasteiger partial charge is 0.238 e. The lowest BCUT2D eigenvalue weighted by molar-refractivity contribution is -0.130. The van der Waals surface area contributed by atoms with Crippen molar-refractivity contribution in [3.05, 3.63) is 29.3 Å². The fraction of sp³-hybridized carbons (Fsp3) is 0.533. The number of ether oxygens (including phenoxy) is 1. The van der Waals surface area contributed by atoms with Crippen LogP contribution in [0.1, 0.15) is 31.0 Å². The molecule has 0 radical (unpaired) electrons. The van der Waals surface area contributed by atoms with Crippen molar-refractivity contribution in [2.24, 2.45) is 0 Å². The van der Waals surface area contributed by atoms with E-state index in [2.05, 4.69) is 24.4 Å². The van der Waals surface area contributed by atoms with Crippen LogP contribution < -0.4 is 10.1 Å². The Morgan fingerprint density at radius 2 is 2.11 bits per heavy atom. The first-order chi connectivity index (χ1) is 8.99. The number of rotatable bonds is 4. The van der Waals surface area contributed by atoms with E-state index in [4.69, 9.17) is 4.74 Å². The van der Waals surface area contributed by atoms with E-state index >= 15 is 0 Å². The number of carbonyl (C=O) groups is 1. The molecule has 1 aliphatic heterocycles. The predicted molar refractivity (Wildman–Crippen MR) is 75.3 cm³/mol. The number of fused-ring (bicyclic) bond motifs is 1. The Hall–Kier alpha value is -1.55. The number of nitrogens with zero attached hydrogens (tertiary/aromatic N) is 1. The summed E-state index contributed by atoms with van der Waals surface area (Å²) < 4.78 is 5.50. The van der Waals surface area contributed by atoms with E-state index in [0.29, 0.717) is 0 Å². The number of benzene rings is 1. The van der Waals surface area contributed by atoms with Crippen LogP contribution in [-0.2, 0) is 11.2 Å². The second-order valence-electron chi connectivity index (χ2n) is 5.31. The lowest BCUT2D eigenvalue weighted by Gasteiger charge is -2.22. The van der Waals surface area contributed by atoms with Gasteiger partial charge in [0.05, 0.1) is 12.6 Å². The van der Waals surface area contributed by atoms with Gasteiger partial charge in [0.15, 0.2) is 0 Å². The van der Waals surface area contributed by atoms with Crippen LogP contribution in [0, 0.1) is 0 Å². The predicted octanol–water partition coefficient (Wildman–Crippen LogP) is 1.75. The second kappa shape index (κ2) is 5.61. The van der Waals surface area contributed by atoms with Gasteiger partial charge in [-0.25, -0.2) is 0 Å². The Bertz CT molecular complexity index is 471. The van der Waals surface area contributed by atoms with Gasteiger partial charge in [-0.15, -0.1) is 0 Å². The van der Waals surface area contributed by atoms with Crippen LogP contribution >= 0.6 is 0 Å². The summed E-state index contributed by atoms with van der Waals surface area (Å²) in [6.45, 7) is 4.75. The van der Waals surface area contributed by atoms with E-state index in [9.17, 15) is 4.79 Å². The Balaban J connectivity index is 2.04. The lowest BCUT2D eigenvalue weighted by Crippen LogP contribution is -2.42. The second-order valence-corrected chi connectivity index (χ2v) is 5.31. The highest BCUT2D eigenvalue weighted by atomic mass is 16.5. The molecule has 1 heterocycles. The summed E-state index contributed by atoms with van der Waals surface area (Å²) in [5, 5.41) is 3.34. The molecule has 4 heteroatoms. The van der Waals surface area contributed by atoms with Gasteiger partial charge in [-0.1, -0.05) is 12.1 Å². The molecule has 0 aliphatic carbocycles. The van der Waals surface area contributed by atoms with Crippen LogP contribution in [-0.4, -0.2) is 37.6 Å². The van der Waals surface area contributed by atoms with E-state index < -0.39 is 0 Å². The molecule has 0 saturated carbocycles. The molecule has 2 unspecified atom stereocenters. The van der Waals surface area contributed by atoms with E-state index in [-0.39, 0.29) is 18.0 Å². The molecule has 1 aliphatic rings. The summed E-state index contributed by atoms with van der Waals surface area (Å²) in [6, 6.07) is 6.22. The maximum atomic E-state index is 11.8. The number of amides is 1. The summed E-state index contributed by atoms with van der Waals surface area (Å²) in [5.41, 5.74) is 2.46. The number of nitrogens with one attached hydrogen (secondary N) is 1. The molecule has 2 rings (SSSR count). The molecule has 1 aromatic rings. The van der Waals surface area contributed by atoms with E-state index in [1.807, 2.05) is 13.0 Å². The SMILES string of the molecule is CC(NC(C)c1ccc2c(c1)CCO2)C(=O)N(C)C. The van der Waals surface area contributed by atoms with Crippen LogP contribution in [0.4, 0.5) is 0 Å². The van der Waals surface area contributed by atoms with Gasteiger partial charge in [0.1, 0.15) is 5.75 Å². The van der Waals surface area contributed by atoms with Crippen molar-refractivity contribution >= 4 is 5.91 Å². The zero-order valence-electron chi connectivity index (χ0n) is 12.1. The highest BCUT2D eigenvalue weighted by Crippen LogP contribution is 2.28. The van der Waals surface area contributed by atoms with Gasteiger partial charge >= 0.3 is 0 Å². The summed E-state index contributed by atoms with van der Waals surface area (Å²) >= 11 is 0. The van der Waals surface area contributed by atoms with Crippen molar-refractivity contribution in [2.75, 3.05) is 20.7 Å². The van der Waals surface area contributed by atoms with E-state index in [1.54, 1.807) is 19.0 Å². The van der Waals surface area contributed by atoms with Gasteiger partial charge in [-0.2, -0.15) is 0 Å². The average molecular weight is 262 g/mol. The van der Waals surface area contributed by atoms with Crippen LogP contribution in [0.25, 0.3) is 0 Å². The third-order valence-electron chi connectivity index (χ3n) is 3.52. The highest BCUT2D eigenvalue weighted by Gasteiger charge is 2.19. The summed E-state index contributed by atoms with van der Waals surface area (Å²) in [7, 11) is 3.55. The zero-order valence-corrected chi connectivity index (χ0v) is 12.1. The Labute approximate surface area is 114 Å². The maximum absolute atomic E-state index is 11.8. The van der Waals surface area contributed by atoms with Gasteiger partial charge in [-0.05, 0) is 31.0 Å². The third kappa shape index (κ3) is 3.07. The Morgan fingerprint density at radius 1 is 1.37 bits per heavy atom.